The van der Waals surface area contributed by atoms with E-state index in [2.05, 4.69) is 5.32 Å². The van der Waals surface area contributed by atoms with Crippen LogP contribution in [0.5, 0.6) is 0 Å². The first kappa shape index (κ1) is 16.7. The maximum atomic E-state index is 13.0. The number of hydrogen-bond donors (Lipinski definition) is 1. The highest BCUT2D eigenvalue weighted by Gasteiger charge is 2.30. The van der Waals surface area contributed by atoms with E-state index in [1.54, 1.807) is 17.0 Å². The summed E-state index contributed by atoms with van der Waals surface area (Å²) in [5, 5.41) is 3.49. The first-order valence-electron chi connectivity index (χ1n) is 7.74. The van der Waals surface area contributed by atoms with Gasteiger partial charge in [-0.15, -0.1) is 0 Å². The number of rotatable bonds is 3. The molecule has 22 heavy (non-hydrogen) atoms. The van der Waals surface area contributed by atoms with Crippen LogP contribution >= 0.6 is 0 Å². The molecule has 1 unspecified atom stereocenters. The molecular formula is C17H25FN2O2. The third kappa shape index (κ3) is 4.70. The van der Waals surface area contributed by atoms with Gasteiger partial charge in [0.1, 0.15) is 11.4 Å². The van der Waals surface area contributed by atoms with E-state index in [0.29, 0.717) is 13.1 Å². The molecule has 2 rings (SSSR count). The van der Waals surface area contributed by atoms with Crippen molar-refractivity contribution in [3.8, 4) is 0 Å². The number of amides is 1. The van der Waals surface area contributed by atoms with Gasteiger partial charge < -0.3 is 15.0 Å². The molecule has 0 spiro atoms. The van der Waals surface area contributed by atoms with Gasteiger partial charge in [0.2, 0.25) is 0 Å². The van der Waals surface area contributed by atoms with Gasteiger partial charge in [-0.25, -0.2) is 9.18 Å². The van der Waals surface area contributed by atoms with Crippen LogP contribution in [-0.2, 0) is 4.74 Å². The first-order valence-corrected chi connectivity index (χ1v) is 7.74. The molecule has 1 aliphatic rings. The minimum atomic E-state index is -0.468. The van der Waals surface area contributed by atoms with Crippen molar-refractivity contribution in [1.82, 2.24) is 10.2 Å². The second-order valence-electron chi connectivity index (χ2n) is 6.85. The van der Waals surface area contributed by atoms with Gasteiger partial charge in [0.15, 0.2) is 0 Å². The van der Waals surface area contributed by atoms with Crippen LogP contribution < -0.4 is 5.32 Å². The Bertz CT molecular complexity index is 510. The Kier molecular flexibility index (Phi) is 5.06. The van der Waals surface area contributed by atoms with Crippen molar-refractivity contribution in [3.05, 3.63) is 35.6 Å². The Hall–Kier alpha value is -1.62. The molecule has 1 aromatic carbocycles. The lowest BCUT2D eigenvalue weighted by Crippen LogP contribution is -2.39. The van der Waals surface area contributed by atoms with Crippen LogP contribution in [-0.4, -0.2) is 35.7 Å². The summed E-state index contributed by atoms with van der Waals surface area (Å²) in [6.45, 7) is 8.99. The van der Waals surface area contributed by atoms with Crippen molar-refractivity contribution < 1.29 is 13.9 Å². The maximum absolute atomic E-state index is 13.0. The lowest BCUT2D eigenvalue weighted by Gasteiger charge is -2.25. The van der Waals surface area contributed by atoms with Gasteiger partial charge in [-0.1, -0.05) is 12.1 Å². The van der Waals surface area contributed by atoms with Crippen molar-refractivity contribution in [2.45, 2.75) is 51.8 Å². The standard InChI is InChI=1S/C17H25FN2O2/c1-12(13-5-7-14(18)8-6-13)19-15-9-10-20(11-15)16(21)22-17(2,3)4/h5-8,12,15,19H,9-11H2,1-4H3/t12-,15?/m1/s1. The minimum Gasteiger partial charge on any atom is -0.444 e. The van der Waals surface area contributed by atoms with Gasteiger partial charge in [-0.3, -0.25) is 0 Å². The number of hydrogen-bond acceptors (Lipinski definition) is 3. The van der Waals surface area contributed by atoms with Crippen LogP contribution in [0.2, 0.25) is 0 Å². The normalized spacial score (nSPS) is 20.0. The molecule has 1 heterocycles. The minimum absolute atomic E-state index is 0.115. The molecule has 5 heteroatoms. The molecule has 0 radical (unpaired) electrons. The highest BCUT2D eigenvalue weighted by molar-refractivity contribution is 5.68. The molecule has 1 fully saturated rings. The summed E-state index contributed by atoms with van der Waals surface area (Å²) in [7, 11) is 0. The van der Waals surface area contributed by atoms with E-state index >= 15 is 0 Å². The Balaban J connectivity index is 1.85. The number of benzene rings is 1. The van der Waals surface area contributed by atoms with Crippen molar-refractivity contribution in [1.29, 1.82) is 0 Å². The van der Waals surface area contributed by atoms with Gasteiger partial charge in [0, 0.05) is 25.2 Å². The number of carbonyl (C=O) groups is 1. The number of halogens is 1. The van der Waals surface area contributed by atoms with Crippen LogP contribution in [0, 0.1) is 5.82 Å². The molecule has 0 aromatic heterocycles. The third-order valence-corrected chi connectivity index (χ3v) is 3.70. The summed E-state index contributed by atoms with van der Waals surface area (Å²) in [4.78, 5) is 13.8. The van der Waals surface area contributed by atoms with Crippen LogP contribution in [0.15, 0.2) is 24.3 Å². The van der Waals surface area contributed by atoms with E-state index in [0.717, 1.165) is 12.0 Å². The first-order chi connectivity index (χ1) is 10.2. The number of likely N-dealkylation sites (tertiary alicyclic amines) is 1. The van der Waals surface area contributed by atoms with E-state index < -0.39 is 5.60 Å². The van der Waals surface area contributed by atoms with E-state index in [4.69, 9.17) is 4.74 Å². The van der Waals surface area contributed by atoms with Gasteiger partial charge in [0.25, 0.3) is 0 Å². The number of nitrogens with one attached hydrogen (secondary N) is 1. The summed E-state index contributed by atoms with van der Waals surface area (Å²) in [6.07, 6.45) is 0.636. The maximum Gasteiger partial charge on any atom is 0.410 e. The molecule has 0 saturated carbocycles. The quantitative estimate of drug-likeness (QED) is 0.929. The highest BCUT2D eigenvalue weighted by Crippen LogP contribution is 2.19. The summed E-state index contributed by atoms with van der Waals surface area (Å²) in [6, 6.07) is 6.85. The molecule has 1 aromatic rings. The van der Waals surface area contributed by atoms with Gasteiger partial charge in [-0.05, 0) is 51.8 Å². The number of ether oxygens (including phenoxy) is 1. The Morgan fingerprint density at radius 3 is 2.59 bits per heavy atom. The molecule has 1 saturated heterocycles. The summed E-state index contributed by atoms with van der Waals surface area (Å²) >= 11 is 0. The molecule has 122 valence electrons. The van der Waals surface area contributed by atoms with Crippen molar-refractivity contribution in [2.24, 2.45) is 0 Å². The molecule has 1 amide bonds. The zero-order valence-corrected chi connectivity index (χ0v) is 13.7. The van der Waals surface area contributed by atoms with Crippen LogP contribution in [0.3, 0.4) is 0 Å². The second-order valence-corrected chi connectivity index (χ2v) is 6.85. The summed E-state index contributed by atoms with van der Waals surface area (Å²) < 4.78 is 18.3. The van der Waals surface area contributed by atoms with Gasteiger partial charge in [0.05, 0.1) is 0 Å². The van der Waals surface area contributed by atoms with Crippen molar-refractivity contribution in [2.75, 3.05) is 13.1 Å². The average Bonchev–Trinajstić information content (AvgIpc) is 2.86. The van der Waals surface area contributed by atoms with Crippen LogP contribution in [0.25, 0.3) is 0 Å². The zero-order chi connectivity index (χ0) is 16.3. The van der Waals surface area contributed by atoms with Crippen LogP contribution in [0.1, 0.15) is 45.7 Å². The summed E-state index contributed by atoms with van der Waals surface area (Å²) in [5.74, 6) is -0.229. The predicted molar refractivity (Wildman–Crippen MR) is 84.2 cm³/mol. The summed E-state index contributed by atoms with van der Waals surface area (Å²) in [5.41, 5.74) is 0.571. The Labute approximate surface area is 131 Å². The molecule has 0 aliphatic carbocycles. The molecule has 4 nitrogen and oxygen atoms in total. The Morgan fingerprint density at radius 1 is 1.36 bits per heavy atom. The largest absolute Gasteiger partial charge is 0.444 e. The fourth-order valence-corrected chi connectivity index (χ4v) is 2.59. The fourth-order valence-electron chi connectivity index (χ4n) is 2.59. The van der Waals surface area contributed by atoms with E-state index in [-0.39, 0.29) is 24.0 Å². The molecular weight excluding hydrogens is 283 g/mol. The fraction of sp³-hybridized carbons (Fsp3) is 0.588. The molecule has 0 bridgehead atoms. The smallest absolute Gasteiger partial charge is 0.410 e. The van der Waals surface area contributed by atoms with Gasteiger partial charge >= 0.3 is 6.09 Å². The van der Waals surface area contributed by atoms with Gasteiger partial charge in [-0.2, -0.15) is 0 Å². The lowest BCUT2D eigenvalue weighted by molar-refractivity contribution is 0.0290. The topological polar surface area (TPSA) is 41.6 Å². The van der Waals surface area contributed by atoms with Crippen LogP contribution in [0.4, 0.5) is 9.18 Å². The number of carbonyl (C=O) groups excluding carboxylic acids is 1. The third-order valence-electron chi connectivity index (χ3n) is 3.70. The second kappa shape index (κ2) is 6.65. The molecule has 2 atom stereocenters. The van der Waals surface area contributed by atoms with E-state index in [9.17, 15) is 9.18 Å². The molecule has 1 N–H and O–H groups in total. The SMILES string of the molecule is C[C@@H](NC1CCN(C(=O)OC(C)(C)C)C1)c1ccc(F)cc1. The highest BCUT2D eigenvalue weighted by atomic mass is 19.1. The van der Waals surface area contributed by atoms with Crippen molar-refractivity contribution in [3.63, 3.8) is 0 Å². The monoisotopic (exact) mass is 308 g/mol. The lowest BCUT2D eigenvalue weighted by atomic mass is 10.1. The van der Waals surface area contributed by atoms with Crippen molar-refractivity contribution >= 4 is 6.09 Å². The zero-order valence-electron chi connectivity index (χ0n) is 13.7. The number of nitrogens with zero attached hydrogens (tertiary/aromatic N) is 1. The predicted octanol–water partition coefficient (Wildman–Crippen LogP) is 3.49. The average molecular weight is 308 g/mol. The van der Waals surface area contributed by atoms with E-state index in [1.165, 1.54) is 12.1 Å². The van der Waals surface area contributed by atoms with E-state index in [1.807, 2.05) is 27.7 Å². The Morgan fingerprint density at radius 2 is 2.00 bits per heavy atom. The molecule has 1 aliphatic heterocycles.